The highest BCUT2D eigenvalue weighted by atomic mass is 16.4. The minimum Gasteiger partial charge on any atom is -0.421 e. The van der Waals surface area contributed by atoms with Gasteiger partial charge >= 0.3 is 0 Å². The van der Waals surface area contributed by atoms with Gasteiger partial charge in [-0.3, -0.25) is 9.59 Å². The molecule has 154 valence electrons. The minimum absolute atomic E-state index is 0.0661. The molecular formula is C23H24N4O3. The number of nitrogens with one attached hydrogen (secondary N) is 1. The number of aromatic nitrogens is 2. The molecule has 4 rings (SSSR count). The van der Waals surface area contributed by atoms with Crippen LogP contribution in [0.4, 0.5) is 0 Å². The van der Waals surface area contributed by atoms with Crippen molar-refractivity contribution in [3.05, 3.63) is 60.5 Å². The highest BCUT2D eigenvalue weighted by Gasteiger charge is 2.31. The van der Waals surface area contributed by atoms with Gasteiger partial charge in [0, 0.05) is 31.5 Å². The Morgan fingerprint density at radius 2 is 1.77 bits per heavy atom. The maximum Gasteiger partial charge on any atom is 0.247 e. The third-order valence-electron chi connectivity index (χ3n) is 5.30. The van der Waals surface area contributed by atoms with Gasteiger partial charge < -0.3 is 14.6 Å². The zero-order valence-corrected chi connectivity index (χ0v) is 16.9. The van der Waals surface area contributed by atoms with Crippen molar-refractivity contribution in [1.29, 1.82) is 0 Å². The van der Waals surface area contributed by atoms with Crippen LogP contribution >= 0.6 is 0 Å². The Hall–Kier alpha value is -3.48. The molecule has 0 radical (unpaired) electrons. The second-order valence-corrected chi connectivity index (χ2v) is 7.25. The van der Waals surface area contributed by atoms with E-state index in [0.717, 1.165) is 16.7 Å². The Morgan fingerprint density at radius 3 is 2.50 bits per heavy atom. The number of rotatable bonds is 6. The van der Waals surface area contributed by atoms with E-state index < -0.39 is 6.04 Å². The molecule has 0 saturated carbocycles. The Bertz CT molecular complexity index is 1010. The first-order valence-electron chi connectivity index (χ1n) is 10.2. The third-order valence-corrected chi connectivity index (χ3v) is 5.30. The van der Waals surface area contributed by atoms with Crippen molar-refractivity contribution in [2.24, 2.45) is 0 Å². The van der Waals surface area contributed by atoms with E-state index in [2.05, 4.69) is 27.6 Å². The molecule has 3 aromatic rings. The smallest absolute Gasteiger partial charge is 0.247 e. The second kappa shape index (κ2) is 8.90. The second-order valence-electron chi connectivity index (χ2n) is 7.25. The minimum atomic E-state index is -0.396. The van der Waals surface area contributed by atoms with Crippen LogP contribution in [0.5, 0.6) is 0 Å². The lowest BCUT2D eigenvalue weighted by Crippen LogP contribution is -2.56. The molecule has 2 heterocycles. The van der Waals surface area contributed by atoms with E-state index in [1.165, 1.54) is 0 Å². The summed E-state index contributed by atoms with van der Waals surface area (Å²) in [6, 6.07) is 17.7. The van der Waals surface area contributed by atoms with Crippen molar-refractivity contribution >= 4 is 11.8 Å². The van der Waals surface area contributed by atoms with Crippen molar-refractivity contribution in [3.63, 3.8) is 0 Å². The summed E-state index contributed by atoms with van der Waals surface area (Å²) >= 11 is 0. The van der Waals surface area contributed by atoms with Gasteiger partial charge in [0.2, 0.25) is 23.6 Å². The van der Waals surface area contributed by atoms with Gasteiger partial charge in [0.05, 0.1) is 0 Å². The number of carbonyl (C=O) groups excluding carboxylic acids is 2. The highest BCUT2D eigenvalue weighted by molar-refractivity contribution is 5.88. The van der Waals surface area contributed by atoms with E-state index in [0.29, 0.717) is 37.7 Å². The molecule has 1 saturated heterocycles. The van der Waals surface area contributed by atoms with E-state index in [9.17, 15) is 9.59 Å². The van der Waals surface area contributed by atoms with Gasteiger partial charge in [-0.2, -0.15) is 0 Å². The predicted molar refractivity (Wildman–Crippen MR) is 112 cm³/mol. The number of aryl methyl sites for hydroxylation is 1. The molecule has 2 aromatic carbocycles. The summed E-state index contributed by atoms with van der Waals surface area (Å²) in [4.78, 5) is 26.2. The Kier molecular flexibility index (Phi) is 5.88. The van der Waals surface area contributed by atoms with Crippen LogP contribution in [0.1, 0.15) is 25.7 Å². The Labute approximate surface area is 175 Å². The lowest BCUT2D eigenvalue weighted by atomic mass is 10.0. The number of hydrogen-bond donors (Lipinski definition) is 1. The molecule has 0 aliphatic carbocycles. The fourth-order valence-electron chi connectivity index (χ4n) is 3.68. The zero-order chi connectivity index (χ0) is 20.9. The van der Waals surface area contributed by atoms with Gasteiger partial charge in [-0.1, -0.05) is 49.4 Å². The summed E-state index contributed by atoms with van der Waals surface area (Å²) in [5.74, 6) is 0.695. The van der Waals surface area contributed by atoms with Gasteiger partial charge in [0.1, 0.15) is 6.04 Å². The van der Waals surface area contributed by atoms with Crippen molar-refractivity contribution in [2.45, 2.75) is 32.2 Å². The van der Waals surface area contributed by atoms with E-state index in [1.807, 2.05) is 49.4 Å². The standard InChI is InChI=1S/C23H24N4O3/c1-2-19-22(29)24-14-15-27(19)21(28)13-12-20-25-26-23(30-20)18-10-8-17(9-11-18)16-6-4-3-5-7-16/h3-11,19H,2,12-15H2,1H3,(H,24,29)/t19-/m1/s1. The van der Waals surface area contributed by atoms with Gasteiger partial charge in [0.25, 0.3) is 0 Å². The fourth-order valence-corrected chi connectivity index (χ4v) is 3.68. The van der Waals surface area contributed by atoms with Gasteiger partial charge in [-0.15, -0.1) is 10.2 Å². The number of hydrogen-bond acceptors (Lipinski definition) is 5. The Morgan fingerprint density at radius 1 is 1.07 bits per heavy atom. The molecule has 7 heteroatoms. The third kappa shape index (κ3) is 4.25. The fraction of sp³-hybridized carbons (Fsp3) is 0.304. The van der Waals surface area contributed by atoms with Crippen LogP contribution in [-0.4, -0.2) is 46.0 Å². The van der Waals surface area contributed by atoms with Crippen molar-refractivity contribution in [2.75, 3.05) is 13.1 Å². The average molecular weight is 404 g/mol. The average Bonchev–Trinajstić information content (AvgIpc) is 3.27. The van der Waals surface area contributed by atoms with Gasteiger partial charge in [-0.05, 0) is 29.7 Å². The van der Waals surface area contributed by atoms with Crippen molar-refractivity contribution in [3.8, 4) is 22.6 Å². The van der Waals surface area contributed by atoms with Crippen LogP contribution in [0, 0.1) is 0 Å². The summed E-state index contributed by atoms with van der Waals surface area (Å²) in [6.45, 7) is 2.93. The lowest BCUT2D eigenvalue weighted by Gasteiger charge is -2.34. The molecule has 0 bridgehead atoms. The van der Waals surface area contributed by atoms with E-state index >= 15 is 0 Å². The summed E-state index contributed by atoms with van der Waals surface area (Å²) < 4.78 is 5.76. The predicted octanol–water partition coefficient (Wildman–Crippen LogP) is 3.07. The summed E-state index contributed by atoms with van der Waals surface area (Å²) in [5.41, 5.74) is 3.09. The molecule has 2 amide bonds. The first-order chi connectivity index (χ1) is 14.7. The van der Waals surface area contributed by atoms with E-state index in [-0.39, 0.29) is 18.2 Å². The van der Waals surface area contributed by atoms with Crippen LogP contribution in [0.2, 0.25) is 0 Å². The van der Waals surface area contributed by atoms with Gasteiger partial charge in [0.15, 0.2) is 0 Å². The highest BCUT2D eigenvalue weighted by Crippen LogP contribution is 2.24. The molecule has 1 aliphatic heterocycles. The van der Waals surface area contributed by atoms with Gasteiger partial charge in [-0.25, -0.2) is 0 Å². The lowest BCUT2D eigenvalue weighted by molar-refractivity contribution is -0.143. The van der Waals surface area contributed by atoms with Crippen LogP contribution in [0.25, 0.3) is 22.6 Å². The Balaban J connectivity index is 1.38. The van der Waals surface area contributed by atoms with Crippen LogP contribution in [0.3, 0.4) is 0 Å². The van der Waals surface area contributed by atoms with Crippen LogP contribution < -0.4 is 5.32 Å². The number of piperazine rings is 1. The molecule has 7 nitrogen and oxygen atoms in total. The van der Waals surface area contributed by atoms with Crippen molar-refractivity contribution < 1.29 is 14.0 Å². The SMILES string of the molecule is CC[C@@H]1C(=O)NCCN1C(=O)CCc1nnc(-c2ccc(-c3ccccc3)cc2)o1. The number of carbonyl (C=O) groups is 2. The molecule has 30 heavy (non-hydrogen) atoms. The molecule has 1 aliphatic rings. The van der Waals surface area contributed by atoms with Crippen LogP contribution in [-0.2, 0) is 16.0 Å². The molecule has 1 aromatic heterocycles. The maximum atomic E-state index is 12.6. The molecule has 1 fully saturated rings. The first kappa shape index (κ1) is 19.8. The topological polar surface area (TPSA) is 88.3 Å². The summed E-state index contributed by atoms with van der Waals surface area (Å²) in [5, 5.41) is 11.0. The van der Waals surface area contributed by atoms with Crippen LogP contribution in [0.15, 0.2) is 59.0 Å². The number of amides is 2. The largest absolute Gasteiger partial charge is 0.421 e. The van der Waals surface area contributed by atoms with E-state index in [4.69, 9.17) is 4.42 Å². The summed E-state index contributed by atoms with van der Waals surface area (Å²) in [7, 11) is 0. The molecule has 0 unspecified atom stereocenters. The van der Waals surface area contributed by atoms with E-state index in [1.54, 1.807) is 4.90 Å². The quantitative estimate of drug-likeness (QED) is 0.682. The molecule has 1 N–H and O–H groups in total. The molecular weight excluding hydrogens is 380 g/mol. The monoisotopic (exact) mass is 404 g/mol. The number of nitrogens with zero attached hydrogens (tertiary/aromatic N) is 3. The normalized spacial score (nSPS) is 16.4. The summed E-state index contributed by atoms with van der Waals surface area (Å²) in [6.07, 6.45) is 1.18. The maximum absolute atomic E-state index is 12.6. The zero-order valence-electron chi connectivity index (χ0n) is 16.9. The molecule has 1 atom stereocenters. The van der Waals surface area contributed by atoms with Crippen molar-refractivity contribution in [1.82, 2.24) is 20.4 Å². The number of benzene rings is 2. The first-order valence-corrected chi connectivity index (χ1v) is 10.2. The molecule has 0 spiro atoms.